The summed E-state index contributed by atoms with van der Waals surface area (Å²) in [7, 11) is 1.55. The Morgan fingerprint density at radius 3 is 2.67 bits per heavy atom. The van der Waals surface area contributed by atoms with Crippen LogP contribution in [0.1, 0.15) is 16.2 Å². The molecular formula is C17H13BrN2O4. The normalized spacial score (nSPS) is 10.4. The third-order valence-electron chi connectivity index (χ3n) is 3.20. The van der Waals surface area contributed by atoms with Crippen LogP contribution in [0.4, 0.5) is 0 Å². The van der Waals surface area contributed by atoms with Crippen LogP contribution < -0.4 is 4.74 Å². The molecule has 6 nitrogen and oxygen atoms in total. The predicted molar refractivity (Wildman–Crippen MR) is 89.5 cm³/mol. The second-order valence-electron chi connectivity index (χ2n) is 4.79. The van der Waals surface area contributed by atoms with E-state index in [-0.39, 0.29) is 12.5 Å². The number of hydrogen-bond acceptors (Lipinski definition) is 6. The van der Waals surface area contributed by atoms with Gasteiger partial charge < -0.3 is 13.9 Å². The van der Waals surface area contributed by atoms with Crippen LogP contribution >= 0.6 is 15.9 Å². The number of halogens is 1. The molecular weight excluding hydrogens is 376 g/mol. The van der Waals surface area contributed by atoms with E-state index >= 15 is 0 Å². The Morgan fingerprint density at radius 1 is 1.17 bits per heavy atom. The maximum atomic E-state index is 12.1. The van der Waals surface area contributed by atoms with Gasteiger partial charge in [-0.3, -0.25) is 0 Å². The number of benzene rings is 2. The van der Waals surface area contributed by atoms with E-state index in [4.69, 9.17) is 13.9 Å². The molecule has 7 heteroatoms. The summed E-state index contributed by atoms with van der Waals surface area (Å²) in [4.78, 5) is 12.1. The van der Waals surface area contributed by atoms with Crippen LogP contribution in [0.15, 0.2) is 57.4 Å². The highest BCUT2D eigenvalue weighted by Gasteiger charge is 2.13. The van der Waals surface area contributed by atoms with Gasteiger partial charge in [0.2, 0.25) is 5.89 Å². The van der Waals surface area contributed by atoms with Crippen LogP contribution in [0.2, 0.25) is 0 Å². The molecule has 2 aromatic carbocycles. The summed E-state index contributed by atoms with van der Waals surface area (Å²) in [5.41, 5.74) is 1.20. The lowest BCUT2D eigenvalue weighted by atomic mass is 10.2. The molecule has 3 aromatic rings. The largest absolute Gasteiger partial charge is 0.496 e. The van der Waals surface area contributed by atoms with Crippen LogP contribution in [0, 0.1) is 0 Å². The van der Waals surface area contributed by atoms with Gasteiger partial charge in [-0.05, 0) is 46.3 Å². The van der Waals surface area contributed by atoms with Crippen molar-refractivity contribution < 1.29 is 18.7 Å². The van der Waals surface area contributed by atoms with Gasteiger partial charge in [-0.1, -0.05) is 18.2 Å². The SMILES string of the molecule is COc1ccc(C(=O)OCc2nnc(-c3ccccc3)o2)cc1Br. The molecule has 122 valence electrons. The second kappa shape index (κ2) is 7.27. The molecule has 0 aliphatic heterocycles. The first-order valence-corrected chi connectivity index (χ1v) is 7.85. The summed E-state index contributed by atoms with van der Waals surface area (Å²) in [6.45, 7) is -0.0949. The number of carbonyl (C=O) groups is 1. The van der Waals surface area contributed by atoms with Gasteiger partial charge in [0.1, 0.15) is 5.75 Å². The number of ether oxygens (including phenoxy) is 2. The van der Waals surface area contributed by atoms with Gasteiger partial charge in [-0.15, -0.1) is 10.2 Å². The first kappa shape index (κ1) is 16.2. The van der Waals surface area contributed by atoms with Crippen molar-refractivity contribution in [2.45, 2.75) is 6.61 Å². The number of rotatable bonds is 5. The fourth-order valence-corrected chi connectivity index (χ4v) is 2.55. The second-order valence-corrected chi connectivity index (χ2v) is 5.65. The first-order chi connectivity index (χ1) is 11.7. The Balaban J connectivity index is 1.65. The van der Waals surface area contributed by atoms with Gasteiger partial charge in [0, 0.05) is 5.56 Å². The number of nitrogens with zero attached hydrogens (tertiary/aromatic N) is 2. The monoisotopic (exact) mass is 388 g/mol. The molecule has 24 heavy (non-hydrogen) atoms. The van der Waals surface area contributed by atoms with E-state index in [9.17, 15) is 4.79 Å². The van der Waals surface area contributed by atoms with E-state index in [1.165, 1.54) is 0 Å². The number of esters is 1. The quantitative estimate of drug-likeness (QED) is 0.617. The van der Waals surface area contributed by atoms with E-state index in [1.807, 2.05) is 30.3 Å². The van der Waals surface area contributed by atoms with Crippen molar-refractivity contribution >= 4 is 21.9 Å². The van der Waals surface area contributed by atoms with Crippen molar-refractivity contribution in [3.8, 4) is 17.2 Å². The first-order valence-electron chi connectivity index (χ1n) is 7.06. The molecule has 1 aromatic heterocycles. The molecule has 0 saturated heterocycles. The van der Waals surface area contributed by atoms with Crippen LogP contribution in [0.3, 0.4) is 0 Å². The number of carbonyl (C=O) groups excluding carboxylic acids is 1. The highest BCUT2D eigenvalue weighted by molar-refractivity contribution is 9.10. The summed E-state index contributed by atoms with van der Waals surface area (Å²) in [6, 6.07) is 14.3. The summed E-state index contributed by atoms with van der Waals surface area (Å²) in [6.07, 6.45) is 0. The van der Waals surface area contributed by atoms with Crippen molar-refractivity contribution in [1.29, 1.82) is 0 Å². The lowest BCUT2D eigenvalue weighted by Crippen LogP contribution is -2.05. The Labute approximate surface area is 146 Å². The lowest BCUT2D eigenvalue weighted by Gasteiger charge is -2.06. The van der Waals surface area contributed by atoms with E-state index in [2.05, 4.69) is 26.1 Å². The molecule has 0 spiro atoms. The molecule has 0 N–H and O–H groups in total. The highest BCUT2D eigenvalue weighted by atomic mass is 79.9. The molecule has 1 heterocycles. The number of hydrogen-bond donors (Lipinski definition) is 0. The molecule has 0 bridgehead atoms. The summed E-state index contributed by atoms with van der Waals surface area (Å²) < 4.78 is 16.5. The van der Waals surface area contributed by atoms with Crippen molar-refractivity contribution in [2.75, 3.05) is 7.11 Å². The van der Waals surface area contributed by atoms with E-state index in [0.29, 0.717) is 21.7 Å². The maximum Gasteiger partial charge on any atom is 0.338 e. The molecule has 0 unspecified atom stereocenters. The minimum atomic E-state index is -0.488. The van der Waals surface area contributed by atoms with E-state index in [0.717, 1.165) is 5.56 Å². The third kappa shape index (κ3) is 3.62. The van der Waals surface area contributed by atoms with Gasteiger partial charge in [-0.25, -0.2) is 4.79 Å². The van der Waals surface area contributed by atoms with Gasteiger partial charge in [0.15, 0.2) is 6.61 Å². The zero-order valence-corrected chi connectivity index (χ0v) is 14.3. The van der Waals surface area contributed by atoms with Crippen molar-refractivity contribution in [1.82, 2.24) is 10.2 Å². The zero-order chi connectivity index (χ0) is 16.9. The minimum Gasteiger partial charge on any atom is -0.496 e. The molecule has 0 amide bonds. The van der Waals surface area contributed by atoms with Crippen molar-refractivity contribution in [2.24, 2.45) is 0 Å². The number of methoxy groups -OCH3 is 1. The molecule has 0 fully saturated rings. The minimum absolute atomic E-state index is 0.0949. The van der Waals surface area contributed by atoms with Crippen LogP contribution in [0.25, 0.3) is 11.5 Å². The van der Waals surface area contributed by atoms with Crippen LogP contribution in [0.5, 0.6) is 5.75 Å². The average Bonchev–Trinajstić information content (AvgIpc) is 3.09. The lowest BCUT2D eigenvalue weighted by molar-refractivity contribution is 0.0438. The Morgan fingerprint density at radius 2 is 1.96 bits per heavy atom. The molecule has 0 aliphatic carbocycles. The maximum absolute atomic E-state index is 12.1. The Kier molecular flexibility index (Phi) is 4.90. The van der Waals surface area contributed by atoms with Crippen LogP contribution in [-0.2, 0) is 11.3 Å². The van der Waals surface area contributed by atoms with Gasteiger partial charge in [0.25, 0.3) is 5.89 Å². The Hall–Kier alpha value is -2.67. The molecule has 3 rings (SSSR count). The summed E-state index contributed by atoms with van der Waals surface area (Å²) in [5, 5.41) is 7.82. The van der Waals surface area contributed by atoms with Gasteiger partial charge in [0.05, 0.1) is 17.1 Å². The summed E-state index contributed by atoms with van der Waals surface area (Å²) in [5.74, 6) is 0.761. The van der Waals surface area contributed by atoms with Crippen molar-refractivity contribution in [3.05, 3.63) is 64.5 Å². The fourth-order valence-electron chi connectivity index (χ4n) is 2.01. The van der Waals surface area contributed by atoms with Gasteiger partial charge in [-0.2, -0.15) is 0 Å². The summed E-state index contributed by atoms with van der Waals surface area (Å²) >= 11 is 3.33. The smallest absolute Gasteiger partial charge is 0.338 e. The topological polar surface area (TPSA) is 74.5 Å². The third-order valence-corrected chi connectivity index (χ3v) is 3.82. The number of aromatic nitrogens is 2. The molecule has 0 radical (unpaired) electrons. The molecule has 0 atom stereocenters. The van der Waals surface area contributed by atoms with Gasteiger partial charge >= 0.3 is 5.97 Å². The fraction of sp³-hybridized carbons (Fsp3) is 0.118. The van der Waals surface area contributed by atoms with Crippen molar-refractivity contribution in [3.63, 3.8) is 0 Å². The van der Waals surface area contributed by atoms with Crippen LogP contribution in [-0.4, -0.2) is 23.3 Å². The standard InChI is InChI=1S/C17H13BrN2O4/c1-22-14-8-7-12(9-13(14)18)17(21)23-10-15-19-20-16(24-15)11-5-3-2-4-6-11/h2-9H,10H2,1H3. The van der Waals surface area contributed by atoms with E-state index < -0.39 is 5.97 Å². The Bertz CT molecular complexity index is 849. The molecule has 0 saturated carbocycles. The zero-order valence-electron chi connectivity index (χ0n) is 12.7. The van der Waals surface area contributed by atoms with E-state index in [1.54, 1.807) is 25.3 Å². The predicted octanol–water partition coefficient (Wildman–Crippen LogP) is 3.86. The average molecular weight is 389 g/mol. The highest BCUT2D eigenvalue weighted by Crippen LogP contribution is 2.26. The molecule has 0 aliphatic rings.